The molecular formula is C26H25N3O5S. The number of methoxy groups -OCH3 is 2. The summed E-state index contributed by atoms with van der Waals surface area (Å²) in [6, 6.07) is 11.4. The van der Waals surface area contributed by atoms with Gasteiger partial charge < -0.3 is 23.5 Å². The lowest BCUT2D eigenvalue weighted by Gasteiger charge is -2.12. The minimum Gasteiger partial charge on any atom is -0.496 e. The van der Waals surface area contributed by atoms with Crippen molar-refractivity contribution in [2.75, 3.05) is 26.3 Å². The quantitative estimate of drug-likeness (QED) is 0.382. The summed E-state index contributed by atoms with van der Waals surface area (Å²) in [5.41, 5.74) is 6.15. The number of aryl methyl sites for hydroxylation is 1. The third-order valence-electron chi connectivity index (χ3n) is 6.06. The Kier molecular flexibility index (Phi) is 5.86. The summed E-state index contributed by atoms with van der Waals surface area (Å²) >= 11 is 1.38. The first kappa shape index (κ1) is 22.8. The number of anilines is 1. The van der Waals surface area contributed by atoms with E-state index < -0.39 is 0 Å². The maximum atomic E-state index is 12.9. The van der Waals surface area contributed by atoms with Crippen molar-refractivity contribution in [2.24, 2.45) is 0 Å². The van der Waals surface area contributed by atoms with Crippen LogP contribution in [0.2, 0.25) is 0 Å². The van der Waals surface area contributed by atoms with Crippen LogP contribution in [0.4, 0.5) is 5.13 Å². The summed E-state index contributed by atoms with van der Waals surface area (Å²) in [4.78, 5) is 17.6. The number of nitrogens with zero attached hydrogens (tertiary/aromatic N) is 2. The molecule has 1 aliphatic heterocycles. The van der Waals surface area contributed by atoms with Crippen molar-refractivity contribution in [3.63, 3.8) is 0 Å². The molecule has 1 amide bonds. The number of rotatable bonds is 6. The Morgan fingerprint density at radius 1 is 1.03 bits per heavy atom. The fraction of sp³-hybridized carbons (Fsp3) is 0.231. The van der Waals surface area contributed by atoms with E-state index >= 15 is 0 Å². The molecule has 0 saturated heterocycles. The first-order valence-electron chi connectivity index (χ1n) is 11.0. The molecule has 0 atom stereocenters. The van der Waals surface area contributed by atoms with Crippen LogP contribution in [-0.4, -0.2) is 36.5 Å². The number of amides is 1. The largest absolute Gasteiger partial charge is 0.496 e. The van der Waals surface area contributed by atoms with Gasteiger partial charge in [-0.25, -0.2) is 4.98 Å². The van der Waals surface area contributed by atoms with E-state index in [9.17, 15) is 4.79 Å². The van der Waals surface area contributed by atoms with Crippen molar-refractivity contribution in [1.29, 1.82) is 0 Å². The van der Waals surface area contributed by atoms with Gasteiger partial charge in [0.2, 0.25) is 6.79 Å². The first-order valence-corrected chi connectivity index (χ1v) is 11.9. The Morgan fingerprint density at radius 3 is 2.46 bits per heavy atom. The van der Waals surface area contributed by atoms with Crippen molar-refractivity contribution in [2.45, 2.75) is 20.8 Å². The van der Waals surface area contributed by atoms with Crippen LogP contribution in [0.15, 0.2) is 41.8 Å². The average Bonchev–Trinajstić information content (AvgIpc) is 3.57. The Labute approximate surface area is 207 Å². The lowest BCUT2D eigenvalue weighted by Crippen LogP contribution is -2.12. The summed E-state index contributed by atoms with van der Waals surface area (Å²) in [5, 5.41) is 5.34. The molecule has 0 saturated carbocycles. The van der Waals surface area contributed by atoms with Crippen LogP contribution >= 0.6 is 11.3 Å². The second-order valence-electron chi connectivity index (χ2n) is 8.16. The third-order valence-corrected chi connectivity index (χ3v) is 6.82. The number of carbonyl (C=O) groups is 1. The lowest BCUT2D eigenvalue weighted by molar-refractivity contribution is 0.102. The van der Waals surface area contributed by atoms with E-state index in [0.29, 0.717) is 22.2 Å². The van der Waals surface area contributed by atoms with Gasteiger partial charge in [-0.1, -0.05) is 0 Å². The van der Waals surface area contributed by atoms with E-state index in [4.69, 9.17) is 18.9 Å². The average molecular weight is 492 g/mol. The zero-order chi connectivity index (χ0) is 24.7. The van der Waals surface area contributed by atoms with Gasteiger partial charge in [0, 0.05) is 45.2 Å². The van der Waals surface area contributed by atoms with Gasteiger partial charge in [-0.3, -0.25) is 10.1 Å². The van der Waals surface area contributed by atoms with E-state index in [-0.39, 0.29) is 12.7 Å². The second kappa shape index (κ2) is 8.99. The number of carbonyl (C=O) groups excluding carboxylic acids is 1. The Bertz CT molecular complexity index is 1410. The highest BCUT2D eigenvalue weighted by atomic mass is 32.1. The van der Waals surface area contributed by atoms with Gasteiger partial charge in [0.15, 0.2) is 16.6 Å². The standard InChI is InChI=1S/C26H25N3O5S/c1-14-8-19(16(3)29(14)18-6-7-21-24(11-18)34-13-33-21)20-12-35-26(27-20)28-25(30)17-9-22(31-4)15(2)23(10-17)32-5/h6-12H,13H2,1-5H3,(H,27,28,30). The van der Waals surface area contributed by atoms with Crippen molar-refractivity contribution >= 4 is 22.4 Å². The number of ether oxygens (including phenoxy) is 4. The summed E-state index contributed by atoms with van der Waals surface area (Å²) in [7, 11) is 3.13. The molecule has 8 nitrogen and oxygen atoms in total. The molecule has 0 unspecified atom stereocenters. The van der Waals surface area contributed by atoms with Gasteiger partial charge in [-0.05, 0) is 51.1 Å². The van der Waals surface area contributed by atoms with Gasteiger partial charge in [-0.15, -0.1) is 11.3 Å². The second-order valence-corrected chi connectivity index (χ2v) is 9.01. The summed E-state index contributed by atoms with van der Waals surface area (Å²) in [6.07, 6.45) is 0. The Balaban J connectivity index is 1.41. The minimum absolute atomic E-state index is 0.239. The summed E-state index contributed by atoms with van der Waals surface area (Å²) < 4.78 is 23.9. The van der Waals surface area contributed by atoms with Gasteiger partial charge in [0.05, 0.1) is 19.9 Å². The summed E-state index contributed by atoms with van der Waals surface area (Å²) in [6.45, 7) is 6.22. The van der Waals surface area contributed by atoms with Gasteiger partial charge in [-0.2, -0.15) is 0 Å². The summed E-state index contributed by atoms with van der Waals surface area (Å²) in [5.74, 6) is 2.38. The molecule has 2 aromatic heterocycles. The SMILES string of the molecule is COc1cc(C(=O)Nc2nc(-c3cc(C)n(-c4ccc5c(c4)OCO5)c3C)cs2)cc(OC)c1C. The molecular weight excluding hydrogens is 466 g/mol. The molecule has 1 aliphatic rings. The van der Waals surface area contributed by atoms with Gasteiger partial charge in [0.25, 0.3) is 5.91 Å². The van der Waals surface area contributed by atoms with Crippen LogP contribution in [-0.2, 0) is 0 Å². The lowest BCUT2D eigenvalue weighted by atomic mass is 10.1. The molecule has 3 heterocycles. The topological polar surface area (TPSA) is 83.8 Å². The number of benzene rings is 2. The number of aromatic nitrogens is 2. The molecule has 0 fully saturated rings. The maximum Gasteiger partial charge on any atom is 0.257 e. The predicted molar refractivity (Wildman–Crippen MR) is 135 cm³/mol. The number of thiazole rings is 1. The van der Waals surface area contributed by atoms with E-state index in [2.05, 4.69) is 27.9 Å². The zero-order valence-corrected chi connectivity index (χ0v) is 20.9. The van der Waals surface area contributed by atoms with Crippen molar-refractivity contribution in [3.8, 4) is 39.9 Å². The highest BCUT2D eigenvalue weighted by Gasteiger charge is 2.20. The number of hydrogen-bond donors (Lipinski definition) is 1. The van der Waals surface area contributed by atoms with Gasteiger partial charge in [0.1, 0.15) is 11.5 Å². The minimum atomic E-state index is -0.284. The molecule has 1 N–H and O–H groups in total. The molecule has 5 rings (SSSR count). The first-order chi connectivity index (χ1) is 16.9. The van der Waals surface area contributed by atoms with E-state index in [1.807, 2.05) is 37.4 Å². The number of nitrogens with one attached hydrogen (secondary N) is 1. The highest BCUT2D eigenvalue weighted by molar-refractivity contribution is 7.14. The molecule has 4 aromatic rings. The van der Waals surface area contributed by atoms with Crippen LogP contribution in [0.1, 0.15) is 27.3 Å². The van der Waals surface area contributed by atoms with Crippen molar-refractivity contribution < 1.29 is 23.7 Å². The van der Waals surface area contributed by atoms with Gasteiger partial charge >= 0.3 is 0 Å². The number of fused-ring (bicyclic) bond motifs is 1. The van der Waals surface area contributed by atoms with Crippen LogP contribution < -0.4 is 24.3 Å². The molecule has 180 valence electrons. The highest BCUT2D eigenvalue weighted by Crippen LogP contribution is 2.37. The monoisotopic (exact) mass is 491 g/mol. The smallest absolute Gasteiger partial charge is 0.257 e. The molecule has 0 aliphatic carbocycles. The fourth-order valence-electron chi connectivity index (χ4n) is 4.29. The molecule has 0 radical (unpaired) electrons. The van der Waals surface area contributed by atoms with E-state index in [0.717, 1.165) is 45.4 Å². The molecule has 0 bridgehead atoms. The Hall–Kier alpha value is -3.98. The van der Waals surface area contributed by atoms with E-state index in [1.165, 1.54) is 11.3 Å². The van der Waals surface area contributed by atoms with Crippen LogP contribution in [0.5, 0.6) is 23.0 Å². The maximum absolute atomic E-state index is 12.9. The van der Waals surface area contributed by atoms with Crippen LogP contribution in [0.25, 0.3) is 16.9 Å². The zero-order valence-electron chi connectivity index (χ0n) is 20.1. The molecule has 0 spiro atoms. The predicted octanol–water partition coefficient (Wildman–Crippen LogP) is 5.52. The van der Waals surface area contributed by atoms with E-state index in [1.54, 1.807) is 26.4 Å². The fourth-order valence-corrected chi connectivity index (χ4v) is 4.99. The van der Waals surface area contributed by atoms with Crippen LogP contribution in [0.3, 0.4) is 0 Å². The Morgan fingerprint density at radius 2 is 1.74 bits per heavy atom. The van der Waals surface area contributed by atoms with Crippen molar-refractivity contribution in [3.05, 3.63) is 64.3 Å². The third kappa shape index (κ3) is 4.08. The molecule has 2 aromatic carbocycles. The number of hydrogen-bond acceptors (Lipinski definition) is 7. The molecule has 35 heavy (non-hydrogen) atoms. The van der Waals surface area contributed by atoms with Crippen molar-refractivity contribution in [1.82, 2.24) is 9.55 Å². The molecule has 9 heteroatoms. The van der Waals surface area contributed by atoms with Crippen LogP contribution in [0, 0.1) is 20.8 Å². The normalized spacial score (nSPS) is 12.0.